The number of nitrogens with zero attached hydrogens (tertiary/aromatic N) is 2. The SMILES string of the molecule is Nc1ccc2c(c1)ncn2-c1ccc(Cl)cc1C(F)(F)F. The maximum atomic E-state index is 13.2. The summed E-state index contributed by atoms with van der Waals surface area (Å²) in [7, 11) is 0. The first-order valence-electron chi connectivity index (χ1n) is 5.96. The summed E-state index contributed by atoms with van der Waals surface area (Å²) < 4.78 is 40.9. The standard InChI is InChI=1S/C14H9ClF3N3/c15-8-1-3-12(10(5-8)14(16,17)18)21-7-20-11-6-9(19)2-4-13(11)21/h1-7H,19H2. The van der Waals surface area contributed by atoms with Gasteiger partial charge in [-0.3, -0.25) is 4.57 Å². The van der Waals surface area contributed by atoms with E-state index in [0.29, 0.717) is 16.7 Å². The van der Waals surface area contributed by atoms with Crippen LogP contribution in [0.2, 0.25) is 5.02 Å². The number of anilines is 1. The molecule has 1 aromatic heterocycles. The molecule has 0 bridgehead atoms. The Kier molecular flexibility index (Phi) is 3.06. The molecule has 3 aromatic rings. The van der Waals surface area contributed by atoms with Gasteiger partial charge in [0.1, 0.15) is 6.33 Å². The molecule has 0 aliphatic heterocycles. The molecule has 0 aliphatic carbocycles. The van der Waals surface area contributed by atoms with Crippen LogP contribution in [0.4, 0.5) is 18.9 Å². The van der Waals surface area contributed by atoms with Crippen LogP contribution in [0.15, 0.2) is 42.7 Å². The van der Waals surface area contributed by atoms with E-state index >= 15 is 0 Å². The third kappa shape index (κ3) is 2.42. The lowest BCUT2D eigenvalue weighted by molar-refractivity contribution is -0.137. The minimum Gasteiger partial charge on any atom is -0.399 e. The lowest BCUT2D eigenvalue weighted by Gasteiger charge is -2.14. The topological polar surface area (TPSA) is 43.8 Å². The summed E-state index contributed by atoms with van der Waals surface area (Å²) in [6.07, 6.45) is -3.17. The molecule has 0 fully saturated rings. The van der Waals surface area contributed by atoms with Gasteiger partial charge in [-0.25, -0.2) is 4.98 Å². The average molecular weight is 312 g/mol. The Bertz CT molecular complexity index is 824. The summed E-state index contributed by atoms with van der Waals surface area (Å²) in [4.78, 5) is 4.08. The van der Waals surface area contributed by atoms with Gasteiger partial charge in [-0.05, 0) is 36.4 Å². The Morgan fingerprint density at radius 3 is 2.57 bits per heavy atom. The Hall–Kier alpha value is -2.21. The van der Waals surface area contributed by atoms with Crippen molar-refractivity contribution in [1.29, 1.82) is 0 Å². The van der Waals surface area contributed by atoms with Gasteiger partial charge in [-0.15, -0.1) is 0 Å². The van der Waals surface area contributed by atoms with Crippen molar-refractivity contribution < 1.29 is 13.2 Å². The average Bonchev–Trinajstić information content (AvgIpc) is 2.80. The molecule has 0 radical (unpaired) electrons. The zero-order valence-electron chi connectivity index (χ0n) is 10.5. The van der Waals surface area contributed by atoms with Crippen molar-refractivity contribution in [3.05, 3.63) is 53.3 Å². The van der Waals surface area contributed by atoms with E-state index in [1.807, 2.05) is 0 Å². The van der Waals surface area contributed by atoms with Crippen LogP contribution >= 0.6 is 11.6 Å². The highest BCUT2D eigenvalue weighted by atomic mass is 35.5. The fourth-order valence-corrected chi connectivity index (χ4v) is 2.34. The molecular formula is C14H9ClF3N3. The van der Waals surface area contributed by atoms with Crippen LogP contribution in [0, 0.1) is 0 Å². The normalized spacial score (nSPS) is 12.0. The number of nitrogen functional groups attached to an aromatic ring is 1. The van der Waals surface area contributed by atoms with Gasteiger partial charge in [0, 0.05) is 10.7 Å². The fourth-order valence-electron chi connectivity index (χ4n) is 2.17. The van der Waals surface area contributed by atoms with Gasteiger partial charge in [-0.1, -0.05) is 11.6 Å². The third-order valence-corrected chi connectivity index (χ3v) is 3.33. The van der Waals surface area contributed by atoms with Crippen LogP contribution in [-0.4, -0.2) is 9.55 Å². The Labute approximate surface area is 122 Å². The molecule has 0 aliphatic rings. The molecule has 0 saturated heterocycles. The second-order valence-electron chi connectivity index (χ2n) is 4.52. The predicted molar refractivity (Wildman–Crippen MR) is 75.5 cm³/mol. The number of benzene rings is 2. The highest BCUT2D eigenvalue weighted by molar-refractivity contribution is 6.30. The molecular weight excluding hydrogens is 303 g/mol. The first kappa shape index (κ1) is 13.8. The van der Waals surface area contributed by atoms with Crippen LogP contribution in [-0.2, 0) is 6.18 Å². The molecule has 0 unspecified atom stereocenters. The third-order valence-electron chi connectivity index (χ3n) is 3.09. The van der Waals surface area contributed by atoms with Gasteiger partial charge in [0.15, 0.2) is 0 Å². The summed E-state index contributed by atoms with van der Waals surface area (Å²) in [5.41, 5.74) is 6.37. The first-order chi connectivity index (χ1) is 9.86. The van der Waals surface area contributed by atoms with E-state index in [1.165, 1.54) is 23.0 Å². The number of hydrogen-bond acceptors (Lipinski definition) is 2. The van der Waals surface area contributed by atoms with Gasteiger partial charge in [0.2, 0.25) is 0 Å². The van der Waals surface area contributed by atoms with E-state index < -0.39 is 11.7 Å². The molecule has 3 rings (SSSR count). The van der Waals surface area contributed by atoms with Crippen LogP contribution in [0.5, 0.6) is 0 Å². The zero-order chi connectivity index (χ0) is 15.2. The first-order valence-corrected chi connectivity index (χ1v) is 6.34. The van der Waals surface area contributed by atoms with E-state index in [2.05, 4.69) is 4.98 Å². The second kappa shape index (κ2) is 4.66. The number of rotatable bonds is 1. The lowest BCUT2D eigenvalue weighted by atomic mass is 10.1. The number of nitrogens with two attached hydrogens (primary N) is 1. The monoisotopic (exact) mass is 311 g/mol. The summed E-state index contributed by atoms with van der Waals surface area (Å²) in [6, 6.07) is 8.49. The molecule has 3 nitrogen and oxygen atoms in total. The number of fused-ring (bicyclic) bond motifs is 1. The second-order valence-corrected chi connectivity index (χ2v) is 4.96. The number of alkyl halides is 3. The zero-order valence-corrected chi connectivity index (χ0v) is 11.3. The van der Waals surface area contributed by atoms with Crippen molar-refractivity contribution in [3.63, 3.8) is 0 Å². The quantitative estimate of drug-likeness (QED) is 0.682. The Balaban J connectivity index is 2.28. The number of imidazole rings is 1. The van der Waals surface area contributed by atoms with Gasteiger partial charge < -0.3 is 5.73 Å². The van der Waals surface area contributed by atoms with Gasteiger partial charge in [0.05, 0.1) is 22.3 Å². The summed E-state index contributed by atoms with van der Waals surface area (Å²) in [5, 5.41) is 0.0275. The van der Waals surface area contributed by atoms with E-state index in [4.69, 9.17) is 17.3 Å². The minimum atomic E-state index is -4.51. The fraction of sp³-hybridized carbons (Fsp3) is 0.0714. The van der Waals surface area contributed by atoms with Crippen molar-refractivity contribution in [1.82, 2.24) is 9.55 Å². The highest BCUT2D eigenvalue weighted by Gasteiger charge is 2.34. The van der Waals surface area contributed by atoms with Crippen LogP contribution in [0.1, 0.15) is 5.56 Å². The Morgan fingerprint density at radius 2 is 1.86 bits per heavy atom. The van der Waals surface area contributed by atoms with Crippen molar-refractivity contribution in [2.75, 3.05) is 5.73 Å². The van der Waals surface area contributed by atoms with Crippen molar-refractivity contribution >= 4 is 28.3 Å². The van der Waals surface area contributed by atoms with Crippen LogP contribution < -0.4 is 5.73 Å². The maximum absolute atomic E-state index is 13.2. The molecule has 2 aromatic carbocycles. The van der Waals surface area contributed by atoms with Crippen molar-refractivity contribution in [2.24, 2.45) is 0 Å². The molecule has 0 amide bonds. The van der Waals surface area contributed by atoms with Crippen LogP contribution in [0.3, 0.4) is 0 Å². The van der Waals surface area contributed by atoms with Gasteiger partial charge >= 0.3 is 6.18 Å². The molecule has 1 heterocycles. The maximum Gasteiger partial charge on any atom is 0.418 e. The van der Waals surface area contributed by atoms with Gasteiger partial charge in [0.25, 0.3) is 0 Å². The molecule has 108 valence electrons. The molecule has 2 N–H and O–H groups in total. The summed E-state index contributed by atoms with van der Waals surface area (Å²) in [5.74, 6) is 0. The van der Waals surface area contributed by atoms with Gasteiger partial charge in [-0.2, -0.15) is 13.2 Å². The number of aromatic nitrogens is 2. The van der Waals surface area contributed by atoms with E-state index in [1.54, 1.807) is 18.2 Å². The predicted octanol–water partition coefficient (Wildman–Crippen LogP) is 4.28. The molecule has 0 spiro atoms. The number of halogens is 4. The summed E-state index contributed by atoms with van der Waals surface area (Å²) in [6.45, 7) is 0. The smallest absolute Gasteiger partial charge is 0.399 e. The highest BCUT2D eigenvalue weighted by Crippen LogP contribution is 2.36. The summed E-state index contributed by atoms with van der Waals surface area (Å²) >= 11 is 5.68. The minimum absolute atomic E-state index is 0.0275. The van der Waals surface area contributed by atoms with E-state index in [9.17, 15) is 13.2 Å². The lowest BCUT2D eigenvalue weighted by Crippen LogP contribution is -2.10. The van der Waals surface area contributed by atoms with Crippen molar-refractivity contribution in [2.45, 2.75) is 6.18 Å². The van der Waals surface area contributed by atoms with E-state index in [-0.39, 0.29) is 10.7 Å². The van der Waals surface area contributed by atoms with Crippen LogP contribution in [0.25, 0.3) is 16.7 Å². The van der Waals surface area contributed by atoms with Crippen molar-refractivity contribution in [3.8, 4) is 5.69 Å². The molecule has 0 saturated carbocycles. The Morgan fingerprint density at radius 1 is 1.10 bits per heavy atom. The molecule has 7 heteroatoms. The molecule has 21 heavy (non-hydrogen) atoms. The number of hydrogen-bond donors (Lipinski definition) is 1. The largest absolute Gasteiger partial charge is 0.418 e. The molecule has 0 atom stereocenters. The van der Waals surface area contributed by atoms with E-state index in [0.717, 1.165) is 6.07 Å².